The van der Waals surface area contributed by atoms with E-state index in [1.165, 1.54) is 0 Å². The number of carboxylic acids is 1. The number of nitrogens with zero attached hydrogens (tertiary/aromatic N) is 5. The molecule has 7 rings (SSSR count). The Hall–Kier alpha value is -4.86. The van der Waals surface area contributed by atoms with Crippen molar-refractivity contribution < 1.29 is 19.4 Å². The topological polar surface area (TPSA) is 102 Å². The number of fused-ring (bicyclic) bond motifs is 4. The average Bonchev–Trinajstić information content (AvgIpc) is 3.55. The summed E-state index contributed by atoms with van der Waals surface area (Å²) in [6.45, 7) is 14.5. The molecule has 0 fully saturated rings. The van der Waals surface area contributed by atoms with Crippen LogP contribution in [0.25, 0.3) is 32.9 Å². The van der Waals surface area contributed by atoms with E-state index in [-0.39, 0.29) is 17.6 Å². The summed E-state index contributed by atoms with van der Waals surface area (Å²) in [5, 5.41) is 13.2. The van der Waals surface area contributed by atoms with E-state index in [1.807, 2.05) is 82.8 Å². The van der Waals surface area contributed by atoms with Crippen LogP contribution < -0.4 is 9.64 Å². The normalized spacial score (nSPS) is 14.5. The molecule has 0 saturated heterocycles. The summed E-state index contributed by atoms with van der Waals surface area (Å²) in [4.78, 5) is 38.4. The summed E-state index contributed by atoms with van der Waals surface area (Å²) in [6.07, 6.45) is 2.77. The van der Waals surface area contributed by atoms with Crippen LogP contribution in [0.3, 0.4) is 0 Å². The molecule has 0 bridgehead atoms. The van der Waals surface area contributed by atoms with E-state index in [1.54, 1.807) is 17.9 Å². The van der Waals surface area contributed by atoms with E-state index in [4.69, 9.17) is 27.9 Å². The van der Waals surface area contributed by atoms with Crippen LogP contribution in [0, 0.1) is 41.5 Å². The highest BCUT2D eigenvalue weighted by molar-refractivity contribution is 6.35. The number of ether oxygens (including phenoxy) is 1. The second-order valence-corrected chi connectivity index (χ2v) is 14.8. The highest BCUT2D eigenvalue weighted by atomic mass is 35.5. The maximum Gasteiger partial charge on any atom is 0.352 e. The lowest BCUT2D eigenvalue weighted by molar-refractivity contribution is 0.0686. The third-order valence-electron chi connectivity index (χ3n) is 10.4. The van der Waals surface area contributed by atoms with Gasteiger partial charge in [0.2, 0.25) is 0 Å². The van der Waals surface area contributed by atoms with Crippen molar-refractivity contribution in [2.24, 2.45) is 7.05 Å². The predicted molar refractivity (Wildman–Crippen MR) is 208 cm³/mol. The maximum atomic E-state index is 15.2. The van der Waals surface area contributed by atoms with E-state index in [2.05, 4.69) is 21.5 Å². The highest BCUT2D eigenvalue weighted by Gasteiger charge is 2.38. The number of hydrogen-bond acceptors (Lipinski definition) is 5. The lowest BCUT2D eigenvalue weighted by atomic mass is 9.97. The molecule has 0 spiro atoms. The minimum Gasteiger partial charge on any atom is -0.494 e. The van der Waals surface area contributed by atoms with Gasteiger partial charge in [0.15, 0.2) is 0 Å². The van der Waals surface area contributed by atoms with Gasteiger partial charge >= 0.3 is 5.97 Å². The molecule has 0 aliphatic carbocycles. The van der Waals surface area contributed by atoms with Gasteiger partial charge in [-0.05, 0) is 119 Å². The van der Waals surface area contributed by atoms with E-state index in [0.717, 1.165) is 71.8 Å². The molecule has 9 nitrogen and oxygen atoms in total. The van der Waals surface area contributed by atoms with E-state index in [9.17, 15) is 9.90 Å². The Labute approximate surface area is 312 Å². The molecule has 52 heavy (non-hydrogen) atoms. The molecule has 6 aromatic rings. The first kappa shape index (κ1) is 35.5. The largest absolute Gasteiger partial charge is 0.494 e. The molecule has 1 aliphatic heterocycles. The Kier molecular flexibility index (Phi) is 9.08. The zero-order chi connectivity index (χ0) is 37.3. The summed E-state index contributed by atoms with van der Waals surface area (Å²) in [6, 6.07) is 11.6. The van der Waals surface area contributed by atoms with Gasteiger partial charge in [0.25, 0.3) is 5.91 Å². The van der Waals surface area contributed by atoms with Crippen molar-refractivity contribution in [3.05, 3.63) is 103 Å². The van der Waals surface area contributed by atoms with E-state index < -0.39 is 5.97 Å². The number of rotatable bonds is 8. The number of hydrogen-bond donors (Lipinski definition) is 1. The standard InChI is InChI=1S/C41H41Cl2N5O4/c1-20-14-30-24(5)36(41(50)51)46(8)37(30)32(15-20)47-18-23(4)48-38-29(11-12-31(42)34(38)33-25(6)44-19-45-26(33)7)28(39(48)40(47)49)10-9-13-52-27-16-21(2)35(43)22(3)17-27/h11-12,14-17,19,23H,9-10,13,18H2,1-8H3,(H,50,51). The zero-order valence-corrected chi connectivity index (χ0v) is 32.1. The summed E-state index contributed by atoms with van der Waals surface area (Å²) >= 11 is 13.5. The lowest BCUT2D eigenvalue weighted by Gasteiger charge is -2.35. The Morgan fingerprint density at radius 1 is 0.942 bits per heavy atom. The molecule has 1 aliphatic rings. The number of benzene rings is 3. The highest BCUT2D eigenvalue weighted by Crippen LogP contribution is 2.45. The molecular weight excluding hydrogens is 697 g/mol. The molecule has 3 aromatic carbocycles. The molecule has 4 heterocycles. The Morgan fingerprint density at radius 3 is 2.27 bits per heavy atom. The van der Waals surface area contributed by atoms with Crippen molar-refractivity contribution in [3.8, 4) is 16.9 Å². The van der Waals surface area contributed by atoms with Crippen LogP contribution in [0.2, 0.25) is 10.0 Å². The van der Waals surface area contributed by atoms with Gasteiger partial charge in [0, 0.05) is 57.9 Å². The molecule has 11 heteroatoms. The first-order valence-corrected chi connectivity index (χ1v) is 18.1. The molecule has 1 amide bonds. The number of aryl methyl sites for hydroxylation is 8. The van der Waals surface area contributed by atoms with E-state index >= 15 is 4.79 Å². The smallest absolute Gasteiger partial charge is 0.352 e. The van der Waals surface area contributed by atoms with Crippen molar-refractivity contribution in [2.45, 2.75) is 67.3 Å². The van der Waals surface area contributed by atoms with Crippen LogP contribution in [0.1, 0.15) is 79.6 Å². The minimum atomic E-state index is -1.01. The monoisotopic (exact) mass is 737 g/mol. The molecule has 3 aromatic heterocycles. The van der Waals surface area contributed by atoms with Gasteiger partial charge in [0.1, 0.15) is 23.5 Å². The van der Waals surface area contributed by atoms with Crippen LogP contribution in [0.5, 0.6) is 5.75 Å². The summed E-state index contributed by atoms with van der Waals surface area (Å²) in [7, 11) is 1.75. The van der Waals surface area contributed by atoms with Gasteiger partial charge in [-0.15, -0.1) is 0 Å². The van der Waals surface area contributed by atoms with Crippen molar-refractivity contribution in [3.63, 3.8) is 0 Å². The lowest BCUT2D eigenvalue weighted by Crippen LogP contribution is -2.43. The van der Waals surface area contributed by atoms with Gasteiger partial charge in [-0.3, -0.25) is 4.79 Å². The number of amides is 1. The Bertz CT molecular complexity index is 2440. The van der Waals surface area contributed by atoms with Crippen LogP contribution >= 0.6 is 23.2 Å². The van der Waals surface area contributed by atoms with Crippen molar-refractivity contribution in [1.82, 2.24) is 19.1 Å². The summed E-state index contributed by atoms with van der Waals surface area (Å²) < 4.78 is 10.1. The molecular formula is C41H41Cl2N5O4. The molecule has 268 valence electrons. The third-order valence-corrected chi connectivity index (χ3v) is 11.4. The number of halogens is 2. The number of carbonyl (C=O) groups excluding carboxylic acids is 1. The first-order valence-electron chi connectivity index (χ1n) is 17.4. The fraction of sp³-hybridized carbons (Fsp3) is 0.317. The van der Waals surface area contributed by atoms with Crippen LogP contribution in [-0.4, -0.2) is 49.2 Å². The molecule has 1 N–H and O–H groups in total. The van der Waals surface area contributed by atoms with Gasteiger partial charge in [-0.1, -0.05) is 29.3 Å². The Balaban J connectivity index is 1.41. The van der Waals surface area contributed by atoms with Gasteiger partial charge in [0.05, 0.1) is 28.4 Å². The van der Waals surface area contributed by atoms with Crippen molar-refractivity contribution in [2.75, 3.05) is 18.1 Å². The number of aromatic carboxylic acids is 1. The maximum absolute atomic E-state index is 15.2. The van der Waals surface area contributed by atoms with E-state index in [0.29, 0.717) is 53.5 Å². The van der Waals surface area contributed by atoms with Crippen LogP contribution in [0.4, 0.5) is 5.69 Å². The molecule has 0 radical (unpaired) electrons. The molecule has 0 saturated carbocycles. The number of carboxylic acid groups (broad SMARTS) is 1. The van der Waals surface area contributed by atoms with Gasteiger partial charge in [-0.2, -0.15) is 0 Å². The van der Waals surface area contributed by atoms with Crippen LogP contribution in [-0.2, 0) is 13.5 Å². The van der Waals surface area contributed by atoms with Crippen molar-refractivity contribution in [1.29, 1.82) is 0 Å². The average molecular weight is 739 g/mol. The molecule has 1 unspecified atom stereocenters. The SMILES string of the molecule is Cc1cc(N2CC(C)n3c(c(CCCOc4cc(C)c(Cl)c(C)c4)c4ccc(Cl)c(-c5c(C)ncnc5C)c43)C2=O)c2c(c1)c(C)c(C(=O)O)n2C. The number of carbonyl (C=O) groups is 2. The van der Waals surface area contributed by atoms with Gasteiger partial charge in [-0.25, -0.2) is 14.8 Å². The number of aromatic nitrogens is 4. The van der Waals surface area contributed by atoms with Gasteiger partial charge < -0.3 is 23.9 Å². The zero-order valence-electron chi connectivity index (χ0n) is 30.6. The van der Waals surface area contributed by atoms with Crippen molar-refractivity contribution >= 4 is 62.6 Å². The third kappa shape index (κ3) is 5.62. The fourth-order valence-corrected chi connectivity index (χ4v) is 8.51. The van der Waals surface area contributed by atoms with Crippen LogP contribution in [0.15, 0.2) is 42.7 Å². The number of anilines is 1. The predicted octanol–water partition coefficient (Wildman–Crippen LogP) is 9.68. The minimum absolute atomic E-state index is 0.156. The second kappa shape index (κ2) is 13.3. The summed E-state index contributed by atoms with van der Waals surface area (Å²) in [5.41, 5.74) is 10.8. The Morgan fingerprint density at radius 2 is 1.62 bits per heavy atom. The quantitative estimate of drug-likeness (QED) is 0.156. The second-order valence-electron chi connectivity index (χ2n) is 14.0. The molecule has 1 atom stereocenters. The first-order chi connectivity index (χ1) is 24.7. The fourth-order valence-electron chi connectivity index (χ4n) is 8.16. The summed E-state index contributed by atoms with van der Waals surface area (Å²) in [5.74, 6) is -0.409.